The minimum absolute atomic E-state index is 0.187. The van der Waals surface area contributed by atoms with E-state index in [2.05, 4.69) is 116 Å². The average molecular weight is 771 g/mol. The van der Waals surface area contributed by atoms with Gasteiger partial charge < -0.3 is 0 Å². The third kappa shape index (κ3) is 4.33. The molecule has 3 heteroatoms. The molecule has 0 spiro atoms. The van der Waals surface area contributed by atoms with Gasteiger partial charge in [0, 0.05) is 0 Å². The van der Waals surface area contributed by atoms with Gasteiger partial charge in [-0.1, -0.05) is 147 Å². The Kier molecular flexibility index (Phi) is 8.41. The van der Waals surface area contributed by atoms with Gasteiger partial charge in [-0.3, -0.25) is 0 Å². The molecular formula is C44H54Br2Si. The molecule has 0 radical (unpaired) electrons. The maximum atomic E-state index is 4.77. The molecule has 0 fully saturated rings. The summed E-state index contributed by atoms with van der Waals surface area (Å²) >= 11 is 9.54. The molecule has 0 nitrogen and oxygen atoms in total. The molecule has 2 aliphatic carbocycles. The smallest absolute Gasteiger partial charge is 0.0987 e. The Hall–Kier alpha value is -1.68. The third-order valence-electron chi connectivity index (χ3n) is 14.5. The molecular weight excluding hydrogens is 716 g/mol. The second-order valence-corrected chi connectivity index (χ2v) is 28.0. The Morgan fingerprint density at radius 1 is 0.511 bits per heavy atom. The predicted molar refractivity (Wildman–Crippen MR) is 218 cm³/mol. The molecule has 47 heavy (non-hydrogen) atoms. The Bertz CT molecular complexity index is 1890. The molecule has 0 heterocycles. The third-order valence-corrected chi connectivity index (χ3v) is 21.7. The molecule has 0 aliphatic heterocycles. The molecule has 0 saturated heterocycles. The van der Waals surface area contributed by atoms with Crippen molar-refractivity contribution in [1.29, 1.82) is 0 Å². The molecule has 0 aromatic heterocycles. The van der Waals surface area contributed by atoms with Crippen LogP contribution in [-0.2, 0) is 21.7 Å². The first kappa shape index (κ1) is 33.8. The number of rotatable bonds is 10. The lowest BCUT2D eigenvalue weighted by molar-refractivity contribution is 0.279. The van der Waals surface area contributed by atoms with Gasteiger partial charge in [0.15, 0.2) is 0 Å². The first-order valence-electron chi connectivity index (χ1n) is 18.8. The maximum absolute atomic E-state index is 4.77. The highest BCUT2D eigenvalue weighted by molar-refractivity contribution is 9.52. The SMILES string of the molecule is CCC1(CC)CC(CC)(CC)c2c1cc1c(c2[Si](Br)(Br)c2ccc3ccc4cccc5ccc2c3c45)C(CC)(CC)CC1(CC)CC. The lowest BCUT2D eigenvalue weighted by Gasteiger charge is -2.39. The lowest BCUT2D eigenvalue weighted by Crippen LogP contribution is -2.55. The van der Waals surface area contributed by atoms with E-state index >= 15 is 0 Å². The van der Waals surface area contributed by atoms with E-state index < -0.39 is 5.31 Å². The van der Waals surface area contributed by atoms with E-state index in [4.69, 9.17) is 30.6 Å². The fraction of sp³-hybridized carbons (Fsp3) is 0.500. The highest BCUT2D eigenvalue weighted by Gasteiger charge is 2.59. The Balaban J connectivity index is 1.69. The first-order chi connectivity index (χ1) is 22.5. The number of hydrogen-bond acceptors (Lipinski definition) is 0. The van der Waals surface area contributed by atoms with Crippen LogP contribution in [0, 0.1) is 0 Å². The molecule has 0 unspecified atom stereocenters. The van der Waals surface area contributed by atoms with Crippen LogP contribution in [0.1, 0.15) is 142 Å². The zero-order valence-electron chi connectivity index (χ0n) is 30.1. The Morgan fingerprint density at radius 2 is 0.915 bits per heavy atom. The molecule has 0 amide bonds. The van der Waals surface area contributed by atoms with Crippen LogP contribution in [0.5, 0.6) is 0 Å². The highest BCUT2D eigenvalue weighted by Crippen LogP contribution is 2.62. The van der Waals surface area contributed by atoms with Crippen molar-refractivity contribution in [2.75, 3.05) is 0 Å². The van der Waals surface area contributed by atoms with Crippen LogP contribution in [0.3, 0.4) is 0 Å². The maximum Gasteiger partial charge on any atom is 0.261 e. The van der Waals surface area contributed by atoms with Crippen molar-refractivity contribution < 1.29 is 0 Å². The van der Waals surface area contributed by atoms with Crippen molar-refractivity contribution in [3.8, 4) is 0 Å². The van der Waals surface area contributed by atoms with Gasteiger partial charge in [0.1, 0.15) is 0 Å². The fourth-order valence-electron chi connectivity index (χ4n) is 11.2. The monoisotopic (exact) mass is 768 g/mol. The van der Waals surface area contributed by atoms with E-state index in [0.29, 0.717) is 0 Å². The van der Waals surface area contributed by atoms with Gasteiger partial charge in [-0.25, -0.2) is 0 Å². The minimum Gasteiger partial charge on any atom is -0.0987 e. The second-order valence-electron chi connectivity index (χ2n) is 15.4. The predicted octanol–water partition coefficient (Wildman–Crippen LogP) is 13.0. The van der Waals surface area contributed by atoms with Gasteiger partial charge in [0.2, 0.25) is 0 Å². The number of hydrogen-bond donors (Lipinski definition) is 0. The van der Waals surface area contributed by atoms with Crippen LogP contribution in [0.25, 0.3) is 32.3 Å². The zero-order chi connectivity index (χ0) is 33.6. The van der Waals surface area contributed by atoms with Crippen LogP contribution >= 0.6 is 30.6 Å². The summed E-state index contributed by atoms with van der Waals surface area (Å²) in [5.41, 5.74) is 7.74. The van der Waals surface area contributed by atoms with Crippen molar-refractivity contribution in [3.63, 3.8) is 0 Å². The van der Waals surface area contributed by atoms with Crippen molar-refractivity contribution in [1.82, 2.24) is 0 Å². The molecule has 0 saturated carbocycles. The molecule has 7 rings (SSSR count). The minimum atomic E-state index is -2.66. The van der Waals surface area contributed by atoms with Gasteiger partial charge in [-0.05, 0) is 151 Å². The van der Waals surface area contributed by atoms with Crippen molar-refractivity contribution >= 4 is 78.6 Å². The largest absolute Gasteiger partial charge is 0.261 e. The summed E-state index contributed by atoms with van der Waals surface area (Å²) in [6.07, 6.45) is 12.2. The van der Waals surface area contributed by atoms with Gasteiger partial charge in [-0.15, -0.1) is 0 Å². The van der Waals surface area contributed by atoms with Crippen LogP contribution in [0.2, 0.25) is 0 Å². The van der Waals surface area contributed by atoms with E-state index in [1.54, 1.807) is 27.4 Å². The van der Waals surface area contributed by atoms with Crippen LogP contribution in [0.4, 0.5) is 0 Å². The summed E-state index contributed by atoms with van der Waals surface area (Å²) in [7, 11) is 0. The summed E-state index contributed by atoms with van der Waals surface area (Å²) in [5, 5.41) is 8.83. The number of halogens is 2. The highest BCUT2D eigenvalue weighted by atomic mass is 79.9. The molecule has 0 N–H and O–H groups in total. The van der Waals surface area contributed by atoms with E-state index in [0.717, 1.165) is 0 Å². The summed E-state index contributed by atoms with van der Waals surface area (Å²) < 4.78 is 0. The summed E-state index contributed by atoms with van der Waals surface area (Å²) in [5.74, 6) is 0. The molecule has 5 aromatic carbocycles. The first-order valence-corrected chi connectivity index (χ1v) is 25.3. The van der Waals surface area contributed by atoms with Crippen molar-refractivity contribution in [2.45, 2.75) is 141 Å². The van der Waals surface area contributed by atoms with Crippen LogP contribution < -0.4 is 10.4 Å². The van der Waals surface area contributed by atoms with Crippen molar-refractivity contribution in [3.05, 3.63) is 82.9 Å². The molecule has 248 valence electrons. The quantitative estimate of drug-likeness (QED) is 0.0754. The van der Waals surface area contributed by atoms with Gasteiger partial charge in [-0.2, -0.15) is 0 Å². The van der Waals surface area contributed by atoms with Gasteiger partial charge >= 0.3 is 0 Å². The molecule has 5 aromatic rings. The van der Waals surface area contributed by atoms with Crippen LogP contribution in [-0.4, -0.2) is 5.31 Å². The zero-order valence-corrected chi connectivity index (χ0v) is 34.3. The summed E-state index contributed by atoms with van der Waals surface area (Å²) in [6.45, 7) is 19.9. The van der Waals surface area contributed by atoms with Gasteiger partial charge in [0.25, 0.3) is 5.31 Å². The number of benzene rings is 5. The second kappa shape index (κ2) is 11.7. The van der Waals surface area contributed by atoms with E-state index in [9.17, 15) is 0 Å². The lowest BCUT2D eigenvalue weighted by atomic mass is 9.70. The Labute approximate surface area is 301 Å². The van der Waals surface area contributed by atoms with E-state index in [-0.39, 0.29) is 21.7 Å². The van der Waals surface area contributed by atoms with Gasteiger partial charge in [0.05, 0.1) is 0 Å². The van der Waals surface area contributed by atoms with Crippen LogP contribution in [0.15, 0.2) is 60.7 Å². The van der Waals surface area contributed by atoms with Crippen molar-refractivity contribution in [2.24, 2.45) is 0 Å². The molecule has 2 aliphatic rings. The number of fused-ring (bicyclic) bond motifs is 2. The summed E-state index contributed by atoms with van der Waals surface area (Å²) in [6, 6.07) is 24.0. The normalized spacial score (nSPS) is 19.2. The average Bonchev–Trinajstić information content (AvgIpc) is 3.57. The molecule has 0 bridgehead atoms. The Morgan fingerprint density at radius 3 is 1.36 bits per heavy atom. The molecule has 0 atom stereocenters. The van der Waals surface area contributed by atoms with E-state index in [1.807, 2.05) is 0 Å². The fourth-order valence-corrected chi connectivity index (χ4v) is 18.2. The standard InChI is InChI=1S/C44H54Br2Si/c1-9-41(10-2)27-43(13-5,14-6)38-33(41)26-34-39(44(15-7,16-8)28-42(34,11-3)12-4)40(38)47(45,46)35-25-23-31-21-20-29-18-17-19-30-22-24-32(35)37(31)36(29)30/h17-26H,9-16,27-28H2,1-8H3. The summed E-state index contributed by atoms with van der Waals surface area (Å²) in [4.78, 5) is 0. The van der Waals surface area contributed by atoms with E-state index in [1.165, 1.54) is 102 Å². The topological polar surface area (TPSA) is 0 Å².